The van der Waals surface area contributed by atoms with Gasteiger partial charge in [0.05, 0.1) is 11.0 Å². The van der Waals surface area contributed by atoms with Crippen LogP contribution in [-0.2, 0) is 18.4 Å². The lowest BCUT2D eigenvalue weighted by atomic mass is 9.84. The molecule has 5 heteroatoms. The van der Waals surface area contributed by atoms with Crippen molar-refractivity contribution in [2.24, 2.45) is 24.8 Å². The molecule has 0 saturated heterocycles. The largest absolute Gasteiger partial charge is 0.352 e. The van der Waals surface area contributed by atoms with Gasteiger partial charge in [0, 0.05) is 13.1 Å². The molecule has 4 unspecified atom stereocenters. The summed E-state index contributed by atoms with van der Waals surface area (Å²) in [7, 11) is 1.75. The highest BCUT2D eigenvalue weighted by molar-refractivity contribution is 5.81. The van der Waals surface area contributed by atoms with Crippen LogP contribution in [0.1, 0.15) is 32.6 Å². The SMILES string of the molecule is CC(NC(=O)Cn1c(=O)n(C)c2ccccc21)C1CC2CCC1C2. The van der Waals surface area contributed by atoms with Gasteiger partial charge in [0.25, 0.3) is 0 Å². The van der Waals surface area contributed by atoms with Gasteiger partial charge in [-0.3, -0.25) is 13.9 Å². The monoisotopic (exact) mass is 327 g/mol. The van der Waals surface area contributed by atoms with Gasteiger partial charge in [0.1, 0.15) is 6.54 Å². The Labute approximate surface area is 141 Å². The standard InChI is InChI=1S/C19H25N3O2/c1-12(15-10-13-7-8-14(15)9-13)20-18(23)11-22-17-6-4-3-5-16(17)21(2)19(22)24/h3-6,12-15H,7-11H2,1-2H3,(H,20,23). The van der Waals surface area contributed by atoms with Gasteiger partial charge < -0.3 is 5.32 Å². The summed E-state index contributed by atoms with van der Waals surface area (Å²) in [6.07, 6.45) is 5.28. The number of aryl methyl sites for hydroxylation is 1. The van der Waals surface area contributed by atoms with Crippen molar-refractivity contribution in [1.29, 1.82) is 0 Å². The zero-order valence-electron chi connectivity index (χ0n) is 14.4. The number of hydrogen-bond acceptors (Lipinski definition) is 2. The number of hydrogen-bond donors (Lipinski definition) is 1. The van der Waals surface area contributed by atoms with E-state index in [1.54, 1.807) is 16.2 Å². The predicted octanol–water partition coefficient (Wildman–Crippen LogP) is 2.28. The van der Waals surface area contributed by atoms with Crippen LogP contribution in [0.15, 0.2) is 29.1 Å². The van der Waals surface area contributed by atoms with Crippen molar-refractivity contribution in [3.8, 4) is 0 Å². The summed E-state index contributed by atoms with van der Waals surface area (Å²) in [5.74, 6) is 2.20. The second-order valence-corrected chi connectivity index (χ2v) is 7.61. The smallest absolute Gasteiger partial charge is 0.329 e. The molecular weight excluding hydrogens is 302 g/mol. The van der Waals surface area contributed by atoms with Crippen LogP contribution in [0.2, 0.25) is 0 Å². The van der Waals surface area contributed by atoms with E-state index in [4.69, 9.17) is 0 Å². The van der Waals surface area contributed by atoms with Crippen molar-refractivity contribution in [2.45, 2.75) is 45.2 Å². The van der Waals surface area contributed by atoms with E-state index in [0.29, 0.717) is 5.92 Å². The molecule has 1 amide bonds. The molecule has 1 heterocycles. The number of rotatable bonds is 4. The third-order valence-electron chi connectivity index (χ3n) is 6.18. The molecule has 4 rings (SSSR count). The number of imidazole rings is 1. The third kappa shape index (κ3) is 2.46. The fourth-order valence-electron chi connectivity index (χ4n) is 4.97. The summed E-state index contributed by atoms with van der Waals surface area (Å²) in [5.41, 5.74) is 1.53. The molecule has 128 valence electrons. The van der Waals surface area contributed by atoms with Gasteiger partial charge in [-0.05, 0) is 56.1 Å². The first-order valence-corrected chi connectivity index (χ1v) is 8.98. The summed E-state index contributed by atoms with van der Waals surface area (Å²) in [5, 5.41) is 3.15. The highest BCUT2D eigenvalue weighted by Gasteiger charge is 2.42. The zero-order valence-corrected chi connectivity index (χ0v) is 14.4. The lowest BCUT2D eigenvalue weighted by Crippen LogP contribution is -2.42. The Balaban J connectivity index is 1.49. The highest BCUT2D eigenvalue weighted by Crippen LogP contribution is 2.49. The van der Waals surface area contributed by atoms with Crippen LogP contribution in [0.5, 0.6) is 0 Å². The summed E-state index contributed by atoms with van der Waals surface area (Å²) in [6, 6.07) is 7.79. The van der Waals surface area contributed by atoms with Gasteiger partial charge in [0.2, 0.25) is 5.91 Å². The third-order valence-corrected chi connectivity index (χ3v) is 6.18. The minimum absolute atomic E-state index is 0.0660. The Morgan fingerprint density at radius 1 is 1.25 bits per heavy atom. The maximum Gasteiger partial charge on any atom is 0.329 e. The molecule has 2 saturated carbocycles. The number of nitrogens with one attached hydrogen (secondary N) is 1. The molecule has 0 spiro atoms. The summed E-state index contributed by atoms with van der Waals surface area (Å²) in [4.78, 5) is 24.9. The Morgan fingerprint density at radius 3 is 2.67 bits per heavy atom. The van der Waals surface area contributed by atoms with Crippen LogP contribution in [0.4, 0.5) is 0 Å². The number of carbonyl (C=O) groups is 1. The van der Waals surface area contributed by atoms with Crippen LogP contribution >= 0.6 is 0 Å². The quantitative estimate of drug-likeness (QED) is 0.937. The molecule has 1 N–H and O–H groups in total. The number of carbonyl (C=O) groups excluding carboxylic acids is 1. The fraction of sp³-hybridized carbons (Fsp3) is 0.579. The molecular formula is C19H25N3O2. The van der Waals surface area contributed by atoms with Crippen molar-refractivity contribution >= 4 is 16.9 Å². The first-order chi connectivity index (χ1) is 11.5. The summed E-state index contributed by atoms with van der Waals surface area (Å²) in [6.45, 7) is 2.21. The van der Waals surface area contributed by atoms with Gasteiger partial charge >= 0.3 is 5.69 Å². The lowest BCUT2D eigenvalue weighted by molar-refractivity contribution is -0.122. The first kappa shape index (κ1) is 15.5. The number of fused-ring (bicyclic) bond motifs is 3. The molecule has 0 radical (unpaired) electrons. The van der Waals surface area contributed by atoms with Gasteiger partial charge in [-0.1, -0.05) is 18.6 Å². The Hall–Kier alpha value is -2.04. The molecule has 0 aliphatic heterocycles. The number of amides is 1. The molecule has 5 nitrogen and oxygen atoms in total. The molecule has 2 bridgehead atoms. The molecule has 2 aliphatic rings. The zero-order chi connectivity index (χ0) is 16.8. The number of para-hydroxylation sites is 2. The maximum absolute atomic E-state index is 12.5. The van der Waals surface area contributed by atoms with Crippen LogP contribution in [0, 0.1) is 17.8 Å². The van der Waals surface area contributed by atoms with Crippen molar-refractivity contribution < 1.29 is 4.79 Å². The van der Waals surface area contributed by atoms with Crippen LogP contribution in [0.3, 0.4) is 0 Å². The second-order valence-electron chi connectivity index (χ2n) is 7.61. The Morgan fingerprint density at radius 2 is 2.00 bits per heavy atom. The number of benzene rings is 1. The molecule has 2 aromatic rings. The maximum atomic E-state index is 12.5. The average Bonchev–Trinajstić information content (AvgIpc) is 3.26. The number of nitrogens with zero attached hydrogens (tertiary/aromatic N) is 2. The minimum Gasteiger partial charge on any atom is -0.352 e. The van der Waals surface area contributed by atoms with Crippen LogP contribution in [0.25, 0.3) is 11.0 Å². The van der Waals surface area contributed by atoms with E-state index in [-0.39, 0.29) is 24.2 Å². The minimum atomic E-state index is -0.140. The van der Waals surface area contributed by atoms with Gasteiger partial charge in [-0.25, -0.2) is 4.79 Å². The lowest BCUT2D eigenvalue weighted by Gasteiger charge is -2.28. The van der Waals surface area contributed by atoms with E-state index in [2.05, 4.69) is 12.2 Å². The Kier molecular flexibility index (Phi) is 3.74. The molecule has 4 atom stereocenters. The summed E-state index contributed by atoms with van der Waals surface area (Å²) < 4.78 is 3.17. The van der Waals surface area contributed by atoms with Crippen LogP contribution in [-0.4, -0.2) is 21.1 Å². The van der Waals surface area contributed by atoms with E-state index >= 15 is 0 Å². The van der Waals surface area contributed by atoms with Gasteiger partial charge in [0.15, 0.2) is 0 Å². The fourth-order valence-corrected chi connectivity index (χ4v) is 4.97. The molecule has 2 fully saturated rings. The average molecular weight is 327 g/mol. The highest BCUT2D eigenvalue weighted by atomic mass is 16.2. The molecule has 1 aromatic heterocycles. The normalized spacial score (nSPS) is 26.8. The van der Waals surface area contributed by atoms with E-state index in [0.717, 1.165) is 22.9 Å². The van der Waals surface area contributed by atoms with E-state index in [1.807, 2.05) is 24.3 Å². The number of aromatic nitrogens is 2. The van der Waals surface area contributed by atoms with E-state index < -0.39 is 0 Å². The first-order valence-electron chi connectivity index (χ1n) is 8.98. The van der Waals surface area contributed by atoms with E-state index in [1.165, 1.54) is 25.7 Å². The van der Waals surface area contributed by atoms with Crippen molar-refractivity contribution in [3.63, 3.8) is 0 Å². The summed E-state index contributed by atoms with van der Waals surface area (Å²) >= 11 is 0. The molecule has 2 aliphatic carbocycles. The van der Waals surface area contributed by atoms with Gasteiger partial charge in [-0.2, -0.15) is 0 Å². The second kappa shape index (κ2) is 5.80. The van der Waals surface area contributed by atoms with Crippen molar-refractivity contribution in [2.75, 3.05) is 0 Å². The Bertz CT molecular complexity index is 835. The van der Waals surface area contributed by atoms with Gasteiger partial charge in [-0.15, -0.1) is 0 Å². The topological polar surface area (TPSA) is 56.0 Å². The molecule has 24 heavy (non-hydrogen) atoms. The van der Waals surface area contributed by atoms with Crippen molar-refractivity contribution in [3.05, 3.63) is 34.7 Å². The van der Waals surface area contributed by atoms with Crippen LogP contribution < -0.4 is 11.0 Å². The predicted molar refractivity (Wildman–Crippen MR) is 93.7 cm³/mol. The van der Waals surface area contributed by atoms with E-state index in [9.17, 15) is 9.59 Å². The molecule has 1 aromatic carbocycles. The van der Waals surface area contributed by atoms with Crippen molar-refractivity contribution in [1.82, 2.24) is 14.5 Å².